The van der Waals surface area contributed by atoms with Crippen LogP contribution in [0.3, 0.4) is 0 Å². The topological polar surface area (TPSA) is 57.3 Å². The van der Waals surface area contributed by atoms with Crippen LogP contribution in [0.1, 0.15) is 0 Å². The summed E-state index contributed by atoms with van der Waals surface area (Å²) in [6.07, 6.45) is 3.68. The normalized spacial score (nSPS) is 12.1. The van der Waals surface area contributed by atoms with Gasteiger partial charge in [-0.2, -0.15) is 0 Å². The third-order valence-electron chi connectivity index (χ3n) is 10.1. The molecular formula is C46H29N5O2. The number of hydrogen-bond donors (Lipinski definition) is 0. The van der Waals surface area contributed by atoms with E-state index in [2.05, 4.69) is 117 Å². The van der Waals surface area contributed by atoms with E-state index in [0.29, 0.717) is 23.0 Å². The third kappa shape index (κ3) is 4.54. The highest BCUT2D eigenvalue weighted by molar-refractivity contribution is 6.12. The van der Waals surface area contributed by atoms with Gasteiger partial charge in [-0.1, -0.05) is 78.9 Å². The standard InChI is InChI=1S/C46H29N5O2/c1-3-14-36-32(12-1)34-24-22-30(28-39(34)50(36)44-20-7-9-26-47-44)49(38-16-11-19-43-46(38)53-42-18-6-5-17-41(42)52-43)31-23-25-35-33-13-2-4-15-37(33)51(40(35)29-31)45-21-8-10-27-48-45/h1-29H. The van der Waals surface area contributed by atoms with Gasteiger partial charge in [-0.05, 0) is 84.9 Å². The van der Waals surface area contributed by atoms with Gasteiger partial charge >= 0.3 is 0 Å². The fourth-order valence-electron chi connectivity index (χ4n) is 7.80. The van der Waals surface area contributed by atoms with Crippen LogP contribution in [0.2, 0.25) is 0 Å². The Kier molecular flexibility index (Phi) is 6.42. The van der Waals surface area contributed by atoms with E-state index in [0.717, 1.165) is 72.3 Å². The minimum absolute atomic E-state index is 0.641. The lowest BCUT2D eigenvalue weighted by Gasteiger charge is -2.30. The summed E-state index contributed by atoms with van der Waals surface area (Å²) in [5.74, 6) is 4.36. The monoisotopic (exact) mass is 683 g/mol. The molecular weight excluding hydrogens is 655 g/mol. The highest BCUT2D eigenvalue weighted by atomic mass is 16.6. The molecule has 0 fully saturated rings. The first-order valence-corrected chi connectivity index (χ1v) is 17.6. The van der Waals surface area contributed by atoms with E-state index in [4.69, 9.17) is 19.4 Å². The SMILES string of the molecule is c1ccc(-n2c3ccccc3c3ccc(N(c4ccc5c6ccccc6n(-c6ccccn6)c5c4)c4cccc5c4Oc4ccccc4O5)cc32)nc1. The van der Waals surface area contributed by atoms with Crippen LogP contribution in [0.15, 0.2) is 176 Å². The van der Waals surface area contributed by atoms with Gasteiger partial charge < -0.3 is 14.4 Å². The van der Waals surface area contributed by atoms with Crippen molar-refractivity contribution in [3.05, 3.63) is 176 Å². The largest absolute Gasteiger partial charge is 0.449 e. The van der Waals surface area contributed by atoms with Crippen LogP contribution in [0.5, 0.6) is 23.0 Å². The molecule has 4 aromatic heterocycles. The predicted octanol–water partition coefficient (Wildman–Crippen LogP) is 12.0. The van der Waals surface area contributed by atoms with E-state index in [1.165, 1.54) is 0 Å². The quantitative estimate of drug-likeness (QED) is 0.181. The van der Waals surface area contributed by atoms with Crippen molar-refractivity contribution in [2.24, 2.45) is 0 Å². The molecule has 0 spiro atoms. The number of benzene rings is 6. The number of pyridine rings is 2. The lowest BCUT2D eigenvalue weighted by Crippen LogP contribution is -2.13. The Morgan fingerprint density at radius 3 is 1.45 bits per heavy atom. The smallest absolute Gasteiger partial charge is 0.194 e. The molecule has 10 aromatic rings. The Balaban J connectivity index is 1.20. The van der Waals surface area contributed by atoms with Crippen molar-refractivity contribution >= 4 is 60.7 Å². The first kappa shape index (κ1) is 29.4. The van der Waals surface area contributed by atoms with Crippen molar-refractivity contribution in [2.45, 2.75) is 0 Å². The zero-order valence-corrected chi connectivity index (χ0v) is 28.3. The summed E-state index contributed by atoms with van der Waals surface area (Å²) in [6.45, 7) is 0. The first-order chi connectivity index (χ1) is 26.3. The van der Waals surface area contributed by atoms with Crippen molar-refractivity contribution in [2.75, 3.05) is 4.90 Å². The van der Waals surface area contributed by atoms with Gasteiger partial charge in [0.25, 0.3) is 0 Å². The van der Waals surface area contributed by atoms with Gasteiger partial charge in [0.05, 0.1) is 27.8 Å². The van der Waals surface area contributed by atoms with Gasteiger partial charge in [-0.3, -0.25) is 9.13 Å². The molecule has 1 aliphatic heterocycles. The minimum Gasteiger partial charge on any atom is -0.449 e. The molecule has 0 saturated carbocycles. The Morgan fingerprint density at radius 1 is 0.396 bits per heavy atom. The molecule has 53 heavy (non-hydrogen) atoms. The molecule has 7 nitrogen and oxygen atoms in total. The summed E-state index contributed by atoms with van der Waals surface area (Å²) in [6, 6.07) is 56.2. The van der Waals surface area contributed by atoms with Gasteiger partial charge in [0, 0.05) is 45.3 Å². The average Bonchev–Trinajstić information content (AvgIpc) is 3.73. The molecule has 1 aliphatic rings. The van der Waals surface area contributed by atoms with E-state index in [1.54, 1.807) is 0 Å². The Morgan fingerprint density at radius 2 is 0.887 bits per heavy atom. The van der Waals surface area contributed by atoms with Gasteiger partial charge in [0.2, 0.25) is 0 Å². The molecule has 0 saturated heterocycles. The molecule has 0 atom stereocenters. The van der Waals surface area contributed by atoms with Crippen molar-refractivity contribution < 1.29 is 9.47 Å². The summed E-state index contributed by atoms with van der Waals surface area (Å²) < 4.78 is 17.6. The molecule has 0 N–H and O–H groups in total. The number of aromatic nitrogens is 4. The van der Waals surface area contributed by atoms with E-state index in [-0.39, 0.29) is 0 Å². The number of ether oxygens (including phenoxy) is 2. The van der Waals surface area contributed by atoms with E-state index in [9.17, 15) is 0 Å². The number of para-hydroxylation sites is 5. The second-order valence-corrected chi connectivity index (χ2v) is 13.1. The summed E-state index contributed by atoms with van der Waals surface area (Å²) in [7, 11) is 0. The maximum atomic E-state index is 6.69. The van der Waals surface area contributed by atoms with Crippen LogP contribution < -0.4 is 14.4 Å². The maximum Gasteiger partial charge on any atom is 0.194 e. The minimum atomic E-state index is 0.641. The fourth-order valence-corrected chi connectivity index (χ4v) is 7.80. The zero-order valence-electron chi connectivity index (χ0n) is 28.3. The third-order valence-corrected chi connectivity index (χ3v) is 10.1. The number of rotatable bonds is 5. The van der Waals surface area contributed by atoms with Crippen LogP contribution in [-0.2, 0) is 0 Å². The molecule has 0 amide bonds. The first-order valence-electron chi connectivity index (χ1n) is 17.6. The summed E-state index contributed by atoms with van der Waals surface area (Å²) in [5, 5.41) is 4.62. The molecule has 5 heterocycles. The lowest BCUT2D eigenvalue weighted by atomic mass is 10.1. The zero-order chi connectivity index (χ0) is 34.9. The van der Waals surface area contributed by atoms with Crippen molar-refractivity contribution in [3.63, 3.8) is 0 Å². The van der Waals surface area contributed by atoms with Crippen molar-refractivity contribution in [1.29, 1.82) is 0 Å². The summed E-state index contributed by atoms with van der Waals surface area (Å²) >= 11 is 0. The van der Waals surface area contributed by atoms with Gasteiger partial charge in [-0.15, -0.1) is 0 Å². The summed E-state index contributed by atoms with van der Waals surface area (Å²) in [5.41, 5.74) is 7.03. The average molecular weight is 684 g/mol. The fraction of sp³-hybridized carbons (Fsp3) is 0. The Labute approximate surface area is 304 Å². The van der Waals surface area contributed by atoms with Crippen LogP contribution in [0, 0.1) is 0 Å². The molecule has 0 unspecified atom stereocenters. The molecule has 6 aromatic carbocycles. The lowest BCUT2D eigenvalue weighted by molar-refractivity contribution is 0.360. The molecule has 250 valence electrons. The molecule has 11 rings (SSSR count). The van der Waals surface area contributed by atoms with Crippen LogP contribution >= 0.6 is 0 Å². The molecule has 0 aliphatic carbocycles. The maximum absolute atomic E-state index is 6.69. The highest BCUT2D eigenvalue weighted by Gasteiger charge is 2.27. The number of fused-ring (bicyclic) bond motifs is 8. The van der Waals surface area contributed by atoms with Crippen LogP contribution in [-0.4, -0.2) is 19.1 Å². The van der Waals surface area contributed by atoms with Crippen molar-refractivity contribution in [3.8, 4) is 34.6 Å². The van der Waals surface area contributed by atoms with E-state index < -0.39 is 0 Å². The van der Waals surface area contributed by atoms with Gasteiger partial charge in [-0.25, -0.2) is 9.97 Å². The van der Waals surface area contributed by atoms with Crippen LogP contribution in [0.25, 0.3) is 55.2 Å². The number of nitrogens with zero attached hydrogens (tertiary/aromatic N) is 5. The van der Waals surface area contributed by atoms with E-state index in [1.807, 2.05) is 73.1 Å². The second kappa shape index (κ2) is 11.6. The van der Waals surface area contributed by atoms with Crippen molar-refractivity contribution in [1.82, 2.24) is 19.1 Å². The number of hydrogen-bond acceptors (Lipinski definition) is 5. The summed E-state index contributed by atoms with van der Waals surface area (Å²) in [4.78, 5) is 11.8. The molecule has 0 radical (unpaired) electrons. The van der Waals surface area contributed by atoms with Crippen LogP contribution in [0.4, 0.5) is 17.1 Å². The van der Waals surface area contributed by atoms with Gasteiger partial charge in [0.15, 0.2) is 23.0 Å². The second-order valence-electron chi connectivity index (χ2n) is 13.1. The molecule has 7 heteroatoms. The van der Waals surface area contributed by atoms with E-state index >= 15 is 0 Å². The predicted molar refractivity (Wildman–Crippen MR) is 212 cm³/mol. The highest BCUT2D eigenvalue weighted by Crippen LogP contribution is 2.53. The Hall–Kier alpha value is -7.38. The Bertz CT molecular complexity index is 2870. The van der Waals surface area contributed by atoms with Gasteiger partial charge in [0.1, 0.15) is 11.6 Å². The molecule has 0 bridgehead atoms. The number of anilines is 3.